The maximum atomic E-state index is 12.9. The number of imide groups is 2. The van der Waals surface area contributed by atoms with E-state index < -0.39 is 29.7 Å². The monoisotopic (exact) mass is 413 g/mol. The van der Waals surface area contributed by atoms with Crippen molar-refractivity contribution in [3.05, 3.63) is 29.3 Å². The lowest BCUT2D eigenvalue weighted by Crippen LogP contribution is -2.54. The van der Waals surface area contributed by atoms with E-state index in [0.29, 0.717) is 18.8 Å². The number of carbonyl (C=O) groups excluding carboxylic acids is 5. The summed E-state index contributed by atoms with van der Waals surface area (Å²) in [6.07, 6.45) is 0.189. The number of fused-ring (bicyclic) bond motifs is 1. The van der Waals surface area contributed by atoms with E-state index in [-0.39, 0.29) is 36.4 Å². The summed E-state index contributed by atoms with van der Waals surface area (Å²) in [6, 6.07) is 3.81. The zero-order valence-corrected chi connectivity index (χ0v) is 16.6. The highest BCUT2D eigenvalue weighted by molar-refractivity contribution is 6.23. The van der Waals surface area contributed by atoms with Gasteiger partial charge in [-0.05, 0) is 24.6 Å². The number of amides is 5. The Morgan fingerprint density at radius 3 is 2.50 bits per heavy atom. The second-order valence-corrected chi connectivity index (χ2v) is 7.66. The van der Waals surface area contributed by atoms with Crippen molar-refractivity contribution in [1.82, 2.24) is 20.4 Å². The van der Waals surface area contributed by atoms with E-state index in [0.717, 1.165) is 18.0 Å². The number of carbonyl (C=O) groups is 5. The molecule has 158 valence electrons. The number of nitrogens with one attached hydrogen (secondary N) is 2. The molecule has 3 aliphatic rings. The fourth-order valence-electron chi connectivity index (χ4n) is 4.00. The van der Waals surface area contributed by atoms with E-state index in [1.54, 1.807) is 35.0 Å². The highest BCUT2D eigenvalue weighted by Crippen LogP contribution is 2.30. The van der Waals surface area contributed by atoms with Gasteiger partial charge in [0.15, 0.2) is 0 Å². The largest absolute Gasteiger partial charge is 0.365 e. The molecule has 30 heavy (non-hydrogen) atoms. The lowest BCUT2D eigenvalue weighted by Gasteiger charge is -2.29. The van der Waals surface area contributed by atoms with Gasteiger partial charge in [0.2, 0.25) is 17.7 Å². The van der Waals surface area contributed by atoms with Crippen LogP contribution in [0.5, 0.6) is 0 Å². The average molecular weight is 413 g/mol. The fraction of sp³-hybridized carbons (Fsp3) is 0.450. The minimum absolute atomic E-state index is 0.00734. The molecule has 10 heteroatoms. The number of rotatable bonds is 4. The van der Waals surface area contributed by atoms with E-state index in [1.807, 2.05) is 0 Å². The summed E-state index contributed by atoms with van der Waals surface area (Å²) in [5.41, 5.74) is 1.04. The first kappa shape index (κ1) is 20.0. The van der Waals surface area contributed by atoms with Gasteiger partial charge in [0.05, 0.1) is 17.7 Å². The molecule has 1 aromatic rings. The molecular formula is C20H23N5O5. The third-order valence-corrected chi connectivity index (χ3v) is 5.71. The molecule has 2 fully saturated rings. The van der Waals surface area contributed by atoms with Gasteiger partial charge >= 0.3 is 0 Å². The van der Waals surface area contributed by atoms with Crippen molar-refractivity contribution in [2.75, 3.05) is 44.7 Å². The first-order valence-corrected chi connectivity index (χ1v) is 9.92. The Hall–Kier alpha value is -3.27. The van der Waals surface area contributed by atoms with Gasteiger partial charge < -0.3 is 15.1 Å². The molecule has 5 amide bonds. The van der Waals surface area contributed by atoms with Crippen LogP contribution in [0.15, 0.2) is 18.2 Å². The SMILES string of the molecule is CN(CC(=O)N1CCNCC1)c1ccc2c(c1)C(=O)N(C1CCC(=O)NC1=O)C2=O. The van der Waals surface area contributed by atoms with Crippen molar-refractivity contribution >= 4 is 35.2 Å². The first-order valence-electron chi connectivity index (χ1n) is 9.92. The zero-order valence-electron chi connectivity index (χ0n) is 16.6. The Morgan fingerprint density at radius 1 is 1.10 bits per heavy atom. The molecule has 0 bridgehead atoms. The standard InChI is InChI=1S/C20H23N5O5/c1-23(11-17(27)24-8-6-21-7-9-24)12-2-3-13-14(10-12)20(30)25(19(13)29)15-4-5-16(26)22-18(15)28/h2-3,10,15,21H,4-9,11H2,1H3,(H,22,26,28). The molecule has 1 atom stereocenters. The van der Waals surface area contributed by atoms with Crippen LogP contribution in [0.2, 0.25) is 0 Å². The van der Waals surface area contributed by atoms with Crippen LogP contribution >= 0.6 is 0 Å². The Bertz CT molecular complexity index is 940. The van der Waals surface area contributed by atoms with Crippen LogP contribution in [0, 0.1) is 0 Å². The quantitative estimate of drug-likeness (QED) is 0.605. The molecule has 0 aliphatic carbocycles. The molecule has 2 N–H and O–H groups in total. The molecule has 0 saturated carbocycles. The summed E-state index contributed by atoms with van der Waals surface area (Å²) in [5.74, 6) is -2.17. The van der Waals surface area contributed by atoms with E-state index in [2.05, 4.69) is 10.6 Å². The van der Waals surface area contributed by atoms with E-state index in [4.69, 9.17) is 0 Å². The number of piperazine rings is 1. The van der Waals surface area contributed by atoms with Crippen LogP contribution in [0.4, 0.5) is 5.69 Å². The fourth-order valence-corrected chi connectivity index (χ4v) is 4.00. The van der Waals surface area contributed by atoms with Gasteiger partial charge in [0.25, 0.3) is 11.8 Å². The lowest BCUT2D eigenvalue weighted by molar-refractivity contribution is -0.136. The van der Waals surface area contributed by atoms with Gasteiger partial charge in [-0.25, -0.2) is 0 Å². The summed E-state index contributed by atoms with van der Waals surface area (Å²) in [7, 11) is 1.75. The predicted octanol–water partition coefficient (Wildman–Crippen LogP) is -1.04. The van der Waals surface area contributed by atoms with Crippen molar-refractivity contribution in [1.29, 1.82) is 0 Å². The van der Waals surface area contributed by atoms with Crippen molar-refractivity contribution in [2.45, 2.75) is 18.9 Å². The number of nitrogens with zero attached hydrogens (tertiary/aromatic N) is 3. The van der Waals surface area contributed by atoms with Crippen molar-refractivity contribution in [2.24, 2.45) is 0 Å². The van der Waals surface area contributed by atoms with Crippen molar-refractivity contribution in [3.8, 4) is 0 Å². The highest BCUT2D eigenvalue weighted by Gasteiger charge is 2.44. The summed E-state index contributed by atoms with van der Waals surface area (Å²) in [5, 5.41) is 5.38. The molecule has 4 rings (SSSR count). The maximum Gasteiger partial charge on any atom is 0.262 e. The van der Waals surface area contributed by atoms with Gasteiger partial charge in [0, 0.05) is 45.3 Å². The van der Waals surface area contributed by atoms with Gasteiger partial charge in [-0.3, -0.25) is 34.2 Å². The number of benzene rings is 1. The number of hydrogen-bond donors (Lipinski definition) is 2. The molecule has 2 saturated heterocycles. The second-order valence-electron chi connectivity index (χ2n) is 7.66. The highest BCUT2D eigenvalue weighted by atomic mass is 16.2. The Kier molecular flexibility index (Phi) is 5.25. The maximum absolute atomic E-state index is 12.9. The van der Waals surface area contributed by atoms with E-state index in [9.17, 15) is 24.0 Å². The third kappa shape index (κ3) is 3.54. The Balaban J connectivity index is 1.51. The third-order valence-electron chi connectivity index (χ3n) is 5.71. The molecular weight excluding hydrogens is 390 g/mol. The predicted molar refractivity (Wildman–Crippen MR) is 106 cm³/mol. The number of anilines is 1. The van der Waals surface area contributed by atoms with Gasteiger partial charge in [-0.1, -0.05) is 0 Å². The topological polar surface area (TPSA) is 119 Å². The van der Waals surface area contributed by atoms with Crippen LogP contribution in [-0.2, 0) is 14.4 Å². The number of likely N-dealkylation sites (N-methyl/N-ethyl adjacent to an activating group) is 1. The number of hydrogen-bond acceptors (Lipinski definition) is 7. The van der Waals surface area contributed by atoms with Crippen LogP contribution in [0.3, 0.4) is 0 Å². The summed E-state index contributed by atoms with van der Waals surface area (Å²) >= 11 is 0. The van der Waals surface area contributed by atoms with E-state index in [1.165, 1.54) is 0 Å². The zero-order chi connectivity index (χ0) is 21.4. The van der Waals surface area contributed by atoms with Gasteiger partial charge in [0.1, 0.15) is 6.04 Å². The van der Waals surface area contributed by atoms with Crippen LogP contribution in [-0.4, -0.2) is 85.1 Å². The van der Waals surface area contributed by atoms with Crippen LogP contribution < -0.4 is 15.5 Å². The van der Waals surface area contributed by atoms with Crippen LogP contribution in [0.25, 0.3) is 0 Å². The molecule has 10 nitrogen and oxygen atoms in total. The molecule has 1 aromatic carbocycles. The molecule has 0 radical (unpaired) electrons. The Labute approximate surface area is 173 Å². The second kappa shape index (κ2) is 7.86. The molecule has 3 aliphatic heterocycles. The van der Waals surface area contributed by atoms with Crippen molar-refractivity contribution < 1.29 is 24.0 Å². The minimum Gasteiger partial charge on any atom is -0.365 e. The number of piperidine rings is 1. The lowest BCUT2D eigenvalue weighted by atomic mass is 10.0. The normalized spacial score (nSPS) is 21.6. The van der Waals surface area contributed by atoms with Gasteiger partial charge in [-0.15, -0.1) is 0 Å². The Morgan fingerprint density at radius 2 is 1.80 bits per heavy atom. The van der Waals surface area contributed by atoms with Crippen molar-refractivity contribution in [3.63, 3.8) is 0 Å². The first-order chi connectivity index (χ1) is 14.4. The molecule has 3 heterocycles. The molecule has 1 unspecified atom stereocenters. The molecule has 0 aromatic heterocycles. The summed E-state index contributed by atoms with van der Waals surface area (Å²) < 4.78 is 0. The summed E-state index contributed by atoms with van der Waals surface area (Å²) in [6.45, 7) is 3.00. The van der Waals surface area contributed by atoms with Crippen LogP contribution in [0.1, 0.15) is 33.6 Å². The average Bonchev–Trinajstić information content (AvgIpc) is 2.99. The smallest absolute Gasteiger partial charge is 0.262 e. The van der Waals surface area contributed by atoms with E-state index >= 15 is 0 Å². The molecule has 0 spiro atoms. The van der Waals surface area contributed by atoms with Gasteiger partial charge in [-0.2, -0.15) is 0 Å². The summed E-state index contributed by atoms with van der Waals surface area (Å²) in [4.78, 5) is 66.2. The minimum atomic E-state index is -0.995.